The van der Waals surface area contributed by atoms with Crippen molar-refractivity contribution in [3.63, 3.8) is 0 Å². The van der Waals surface area contributed by atoms with Gasteiger partial charge >= 0.3 is 0 Å². The highest BCUT2D eigenvalue weighted by Gasteiger charge is 2.07. The lowest BCUT2D eigenvalue weighted by molar-refractivity contribution is 0.316. The molecule has 0 aliphatic rings. The highest BCUT2D eigenvalue weighted by molar-refractivity contribution is 5.42. The molecular weight excluding hydrogens is 250 g/mol. The highest BCUT2D eigenvalue weighted by Crippen LogP contribution is 2.28. The Labute approximate surface area is 120 Å². The molecule has 0 amide bonds. The van der Waals surface area contributed by atoms with Crippen molar-refractivity contribution in [3.05, 3.63) is 59.7 Å². The van der Waals surface area contributed by atoms with Gasteiger partial charge in [0.05, 0.1) is 14.2 Å². The maximum Gasteiger partial charge on any atom is 0.161 e. The molecule has 2 aromatic carbocycles. The molecule has 0 aliphatic carbocycles. The second kappa shape index (κ2) is 6.96. The van der Waals surface area contributed by atoms with Gasteiger partial charge in [-0.25, -0.2) is 0 Å². The molecule has 0 unspecified atom stereocenters. The van der Waals surface area contributed by atoms with Crippen LogP contribution in [0.15, 0.2) is 48.5 Å². The van der Waals surface area contributed by atoms with Crippen LogP contribution < -0.4 is 9.47 Å². The van der Waals surface area contributed by atoms with Crippen LogP contribution in [0, 0.1) is 0 Å². The summed E-state index contributed by atoms with van der Waals surface area (Å²) in [7, 11) is 5.43. The zero-order chi connectivity index (χ0) is 14.4. The first-order valence-corrected chi connectivity index (χ1v) is 6.66. The van der Waals surface area contributed by atoms with Crippen LogP contribution in [0.25, 0.3) is 0 Å². The van der Waals surface area contributed by atoms with E-state index in [4.69, 9.17) is 9.47 Å². The van der Waals surface area contributed by atoms with E-state index in [1.165, 1.54) is 11.1 Å². The Kier molecular flexibility index (Phi) is 5.02. The first-order chi connectivity index (χ1) is 9.72. The van der Waals surface area contributed by atoms with E-state index in [-0.39, 0.29) is 0 Å². The Hall–Kier alpha value is -2.00. The fourth-order valence-corrected chi connectivity index (χ4v) is 2.24. The van der Waals surface area contributed by atoms with Crippen LogP contribution in [0.1, 0.15) is 11.1 Å². The molecule has 2 rings (SSSR count). The van der Waals surface area contributed by atoms with Gasteiger partial charge in [0.2, 0.25) is 0 Å². The molecule has 0 saturated carbocycles. The van der Waals surface area contributed by atoms with Gasteiger partial charge in [-0.1, -0.05) is 36.4 Å². The molecule has 106 valence electrons. The van der Waals surface area contributed by atoms with Crippen molar-refractivity contribution in [2.24, 2.45) is 0 Å². The molecule has 0 atom stereocenters. The smallest absolute Gasteiger partial charge is 0.161 e. The monoisotopic (exact) mass is 271 g/mol. The first kappa shape index (κ1) is 14.4. The third-order valence-electron chi connectivity index (χ3n) is 3.20. The Morgan fingerprint density at radius 2 is 1.45 bits per heavy atom. The van der Waals surface area contributed by atoms with Gasteiger partial charge in [0, 0.05) is 13.1 Å². The maximum absolute atomic E-state index is 5.33. The van der Waals surface area contributed by atoms with Crippen LogP contribution >= 0.6 is 0 Å². The maximum atomic E-state index is 5.33. The summed E-state index contributed by atoms with van der Waals surface area (Å²) in [6, 6.07) is 16.5. The van der Waals surface area contributed by atoms with E-state index in [9.17, 15) is 0 Å². The molecule has 0 aliphatic heterocycles. The fraction of sp³-hybridized carbons (Fsp3) is 0.294. The average Bonchev–Trinajstić information content (AvgIpc) is 2.48. The minimum Gasteiger partial charge on any atom is -0.493 e. The zero-order valence-electron chi connectivity index (χ0n) is 12.3. The van der Waals surface area contributed by atoms with Crippen LogP contribution in [-0.4, -0.2) is 26.2 Å². The Morgan fingerprint density at radius 3 is 2.10 bits per heavy atom. The van der Waals surface area contributed by atoms with Crippen LogP contribution in [0.3, 0.4) is 0 Å². The molecule has 0 fully saturated rings. The van der Waals surface area contributed by atoms with E-state index in [0.717, 1.165) is 24.6 Å². The average molecular weight is 271 g/mol. The first-order valence-electron chi connectivity index (χ1n) is 6.66. The second-order valence-corrected chi connectivity index (χ2v) is 4.85. The number of hydrogen-bond donors (Lipinski definition) is 0. The molecule has 0 bridgehead atoms. The Balaban J connectivity index is 2.02. The molecular formula is C17H21NO2. The van der Waals surface area contributed by atoms with Gasteiger partial charge in [0.15, 0.2) is 11.5 Å². The van der Waals surface area contributed by atoms with E-state index in [1.54, 1.807) is 14.2 Å². The summed E-state index contributed by atoms with van der Waals surface area (Å²) in [6.45, 7) is 1.80. The van der Waals surface area contributed by atoms with Crippen LogP contribution in [0.4, 0.5) is 0 Å². The van der Waals surface area contributed by atoms with E-state index < -0.39 is 0 Å². The van der Waals surface area contributed by atoms with Crippen molar-refractivity contribution >= 4 is 0 Å². The lowest BCUT2D eigenvalue weighted by Gasteiger charge is -2.18. The second-order valence-electron chi connectivity index (χ2n) is 4.85. The topological polar surface area (TPSA) is 21.7 Å². The van der Waals surface area contributed by atoms with Crippen LogP contribution in [-0.2, 0) is 13.1 Å². The quantitative estimate of drug-likeness (QED) is 0.804. The highest BCUT2D eigenvalue weighted by atomic mass is 16.5. The number of rotatable bonds is 6. The molecule has 3 heteroatoms. The summed E-state index contributed by atoms with van der Waals surface area (Å²) in [5.41, 5.74) is 2.52. The number of ether oxygens (including phenoxy) is 2. The minimum absolute atomic E-state index is 0.766. The zero-order valence-corrected chi connectivity index (χ0v) is 12.3. The molecule has 0 heterocycles. The third-order valence-corrected chi connectivity index (χ3v) is 3.20. The molecule has 20 heavy (non-hydrogen) atoms. The van der Waals surface area contributed by atoms with E-state index in [1.807, 2.05) is 18.2 Å². The number of nitrogens with zero attached hydrogens (tertiary/aromatic N) is 1. The van der Waals surface area contributed by atoms with Crippen LogP contribution in [0.2, 0.25) is 0 Å². The molecule has 0 saturated heterocycles. The molecule has 0 aromatic heterocycles. The fourth-order valence-electron chi connectivity index (χ4n) is 2.24. The minimum atomic E-state index is 0.766. The van der Waals surface area contributed by atoms with Gasteiger partial charge < -0.3 is 9.47 Å². The predicted octanol–water partition coefficient (Wildman–Crippen LogP) is 3.34. The van der Waals surface area contributed by atoms with Gasteiger partial charge in [-0.05, 0) is 30.3 Å². The van der Waals surface area contributed by atoms with Crippen molar-refractivity contribution in [3.8, 4) is 11.5 Å². The van der Waals surface area contributed by atoms with Gasteiger partial charge in [0.25, 0.3) is 0 Å². The summed E-state index contributed by atoms with van der Waals surface area (Å²) >= 11 is 0. The summed E-state index contributed by atoms with van der Waals surface area (Å²) in [5, 5.41) is 0. The predicted molar refractivity (Wildman–Crippen MR) is 81.2 cm³/mol. The van der Waals surface area contributed by atoms with Gasteiger partial charge in [-0.3, -0.25) is 4.90 Å². The SMILES string of the molecule is COc1ccc(CN(C)Cc2ccccc2)cc1OC. The summed E-state index contributed by atoms with van der Waals surface area (Å²) < 4.78 is 10.6. The Bertz CT molecular complexity index is 540. The van der Waals surface area contributed by atoms with Gasteiger partial charge in [0.1, 0.15) is 0 Å². The molecule has 0 radical (unpaired) electrons. The number of hydrogen-bond acceptors (Lipinski definition) is 3. The van der Waals surface area contributed by atoms with Crippen molar-refractivity contribution in [1.82, 2.24) is 4.90 Å². The summed E-state index contributed by atoms with van der Waals surface area (Å²) in [4.78, 5) is 2.27. The van der Waals surface area contributed by atoms with Crippen molar-refractivity contribution in [2.75, 3.05) is 21.3 Å². The third kappa shape index (κ3) is 3.75. The normalized spacial score (nSPS) is 10.6. The van der Waals surface area contributed by atoms with Crippen molar-refractivity contribution in [1.29, 1.82) is 0 Å². The van der Waals surface area contributed by atoms with Crippen molar-refractivity contribution in [2.45, 2.75) is 13.1 Å². The number of methoxy groups -OCH3 is 2. The van der Waals surface area contributed by atoms with E-state index in [0.29, 0.717) is 0 Å². The standard InChI is InChI=1S/C17H21NO2/c1-18(12-14-7-5-4-6-8-14)13-15-9-10-16(19-2)17(11-15)20-3/h4-11H,12-13H2,1-3H3. The molecule has 0 spiro atoms. The largest absolute Gasteiger partial charge is 0.493 e. The van der Waals surface area contributed by atoms with Crippen LogP contribution in [0.5, 0.6) is 11.5 Å². The Morgan fingerprint density at radius 1 is 0.800 bits per heavy atom. The van der Waals surface area contributed by atoms with Gasteiger partial charge in [-0.15, -0.1) is 0 Å². The molecule has 0 N–H and O–H groups in total. The lowest BCUT2D eigenvalue weighted by Crippen LogP contribution is -2.17. The molecule has 3 nitrogen and oxygen atoms in total. The van der Waals surface area contributed by atoms with Gasteiger partial charge in [-0.2, -0.15) is 0 Å². The summed E-state index contributed by atoms with van der Waals surface area (Å²) in [5.74, 6) is 1.54. The molecule has 2 aromatic rings. The van der Waals surface area contributed by atoms with E-state index in [2.05, 4.69) is 42.3 Å². The summed E-state index contributed by atoms with van der Waals surface area (Å²) in [6.07, 6.45) is 0. The van der Waals surface area contributed by atoms with Crippen molar-refractivity contribution < 1.29 is 9.47 Å². The van der Waals surface area contributed by atoms with E-state index >= 15 is 0 Å². The number of benzene rings is 2. The lowest BCUT2D eigenvalue weighted by atomic mass is 10.1.